The van der Waals surface area contributed by atoms with Crippen molar-refractivity contribution in [3.05, 3.63) is 60.5 Å². The number of hydrogen-bond donors (Lipinski definition) is 0. The first-order valence-electron chi connectivity index (χ1n) is 6.27. The molecular formula is C14H9ClFNO4S2. The first-order chi connectivity index (χ1) is 10.7. The van der Waals surface area contributed by atoms with Gasteiger partial charge in [0.05, 0.1) is 10.4 Å². The van der Waals surface area contributed by atoms with E-state index in [-0.39, 0.29) is 15.8 Å². The first-order valence-corrected chi connectivity index (χ1v) is 10.0. The summed E-state index contributed by atoms with van der Waals surface area (Å²) in [5.74, 6) is -0.700. The maximum Gasteiger partial charge on any atom is 0.268 e. The smallest absolute Gasteiger partial charge is 0.240 e. The van der Waals surface area contributed by atoms with Gasteiger partial charge in [0.2, 0.25) is 0 Å². The molecular weight excluding hydrogens is 365 g/mol. The summed E-state index contributed by atoms with van der Waals surface area (Å²) < 4.78 is 63.0. The number of nitrogens with zero attached hydrogens (tertiary/aromatic N) is 1. The van der Waals surface area contributed by atoms with Gasteiger partial charge in [-0.05, 0) is 30.3 Å². The van der Waals surface area contributed by atoms with E-state index in [0.717, 1.165) is 22.3 Å². The van der Waals surface area contributed by atoms with E-state index in [9.17, 15) is 21.2 Å². The van der Waals surface area contributed by atoms with Gasteiger partial charge in [-0.2, -0.15) is 0 Å². The maximum absolute atomic E-state index is 13.4. The van der Waals surface area contributed by atoms with Crippen LogP contribution in [0.3, 0.4) is 0 Å². The van der Waals surface area contributed by atoms with Crippen LogP contribution in [0.4, 0.5) is 4.39 Å². The summed E-state index contributed by atoms with van der Waals surface area (Å²) >= 11 is 0. The summed E-state index contributed by atoms with van der Waals surface area (Å²) in [6.45, 7) is 0. The number of rotatable bonds is 3. The Morgan fingerprint density at radius 1 is 0.957 bits per heavy atom. The highest BCUT2D eigenvalue weighted by molar-refractivity contribution is 8.14. The zero-order valence-electron chi connectivity index (χ0n) is 11.3. The number of benzene rings is 2. The highest BCUT2D eigenvalue weighted by atomic mass is 35.7. The van der Waals surface area contributed by atoms with Crippen LogP contribution >= 0.6 is 10.7 Å². The van der Waals surface area contributed by atoms with E-state index in [0.29, 0.717) is 0 Å². The van der Waals surface area contributed by atoms with E-state index in [1.54, 1.807) is 6.07 Å². The molecule has 0 N–H and O–H groups in total. The molecule has 9 heteroatoms. The molecule has 0 saturated heterocycles. The van der Waals surface area contributed by atoms with Gasteiger partial charge in [-0.15, -0.1) is 0 Å². The van der Waals surface area contributed by atoms with Gasteiger partial charge in [-0.1, -0.05) is 18.2 Å². The molecule has 0 atom stereocenters. The molecule has 0 spiro atoms. The molecule has 5 nitrogen and oxygen atoms in total. The normalized spacial score (nSPS) is 12.6. The van der Waals surface area contributed by atoms with Crippen molar-refractivity contribution in [3.8, 4) is 0 Å². The van der Waals surface area contributed by atoms with Crippen molar-refractivity contribution < 1.29 is 21.2 Å². The molecule has 2 aromatic carbocycles. The maximum atomic E-state index is 13.4. The van der Waals surface area contributed by atoms with Gasteiger partial charge in [0.1, 0.15) is 10.7 Å². The van der Waals surface area contributed by atoms with E-state index >= 15 is 0 Å². The summed E-state index contributed by atoms with van der Waals surface area (Å²) in [6.07, 6.45) is 0.884. The van der Waals surface area contributed by atoms with Crippen LogP contribution in [-0.2, 0) is 19.1 Å². The van der Waals surface area contributed by atoms with Gasteiger partial charge in [0.25, 0.3) is 19.1 Å². The molecule has 0 unspecified atom stereocenters. The van der Waals surface area contributed by atoms with E-state index < -0.39 is 29.8 Å². The summed E-state index contributed by atoms with van der Waals surface area (Å²) in [4.78, 5) is -0.493. The fourth-order valence-electron chi connectivity index (χ4n) is 2.24. The standard InChI is InChI=1S/C14H9ClFNO4S2/c15-22(18,19)14-9-17(13-7-6-10(16)8-12(13)14)23(20,21)11-4-2-1-3-5-11/h1-9H. The van der Waals surface area contributed by atoms with Crippen LogP contribution in [0.15, 0.2) is 64.5 Å². The van der Waals surface area contributed by atoms with Crippen LogP contribution in [-0.4, -0.2) is 20.8 Å². The largest absolute Gasteiger partial charge is 0.268 e. The highest BCUT2D eigenvalue weighted by Gasteiger charge is 2.25. The summed E-state index contributed by atoms with van der Waals surface area (Å²) in [5.41, 5.74) is 0.0227. The van der Waals surface area contributed by atoms with Crippen LogP contribution in [0, 0.1) is 5.82 Å². The molecule has 1 aromatic heterocycles. The second-order valence-corrected chi connectivity index (χ2v) is 9.06. The number of fused-ring (bicyclic) bond motifs is 1. The Hall–Kier alpha value is -1.90. The molecule has 0 aliphatic carbocycles. The SMILES string of the molecule is O=S(=O)(Cl)c1cn(S(=O)(=O)c2ccccc2)c2ccc(F)cc12. The fraction of sp³-hybridized carbons (Fsp3) is 0. The molecule has 0 fully saturated rings. The van der Waals surface area contributed by atoms with Crippen LogP contribution in [0.1, 0.15) is 0 Å². The lowest BCUT2D eigenvalue weighted by molar-refractivity contribution is 0.588. The molecule has 1 heterocycles. The first kappa shape index (κ1) is 16.0. The molecule has 0 amide bonds. The summed E-state index contributed by atoms with van der Waals surface area (Å²) in [5, 5.41) is -0.0977. The molecule has 0 saturated carbocycles. The Morgan fingerprint density at radius 2 is 1.61 bits per heavy atom. The van der Waals surface area contributed by atoms with Crippen molar-refractivity contribution in [1.82, 2.24) is 3.97 Å². The van der Waals surface area contributed by atoms with Crippen LogP contribution in [0.5, 0.6) is 0 Å². The third-order valence-electron chi connectivity index (χ3n) is 3.26. The molecule has 23 heavy (non-hydrogen) atoms. The Balaban J connectivity index is 2.40. The van der Waals surface area contributed by atoms with E-state index in [4.69, 9.17) is 10.7 Å². The molecule has 3 aromatic rings. The lowest BCUT2D eigenvalue weighted by Gasteiger charge is -2.07. The Bertz CT molecular complexity index is 1110. The third kappa shape index (κ3) is 2.73. The molecule has 0 bridgehead atoms. The summed E-state index contributed by atoms with van der Waals surface area (Å²) in [7, 11) is -2.95. The Labute approximate surface area is 136 Å². The fourth-order valence-corrected chi connectivity index (χ4v) is 4.73. The van der Waals surface area contributed by atoms with Gasteiger partial charge in [0, 0.05) is 22.3 Å². The molecule has 0 aliphatic heterocycles. The quantitative estimate of drug-likeness (QED) is 0.662. The van der Waals surface area contributed by atoms with Crippen LogP contribution in [0.25, 0.3) is 10.9 Å². The molecule has 120 valence electrons. The van der Waals surface area contributed by atoms with Crippen molar-refractivity contribution in [2.75, 3.05) is 0 Å². The second-order valence-electron chi connectivity index (χ2n) is 4.71. The van der Waals surface area contributed by atoms with Crippen LogP contribution < -0.4 is 0 Å². The van der Waals surface area contributed by atoms with Crippen molar-refractivity contribution in [1.29, 1.82) is 0 Å². The lowest BCUT2D eigenvalue weighted by Crippen LogP contribution is -2.11. The average molecular weight is 374 g/mol. The topological polar surface area (TPSA) is 73.2 Å². The Kier molecular flexibility index (Phi) is 3.70. The number of hydrogen-bond acceptors (Lipinski definition) is 4. The van der Waals surface area contributed by atoms with E-state index in [1.807, 2.05) is 0 Å². The van der Waals surface area contributed by atoms with Gasteiger partial charge in [-0.25, -0.2) is 25.2 Å². The molecule has 0 radical (unpaired) electrons. The number of halogens is 2. The monoisotopic (exact) mass is 373 g/mol. The van der Waals surface area contributed by atoms with Crippen molar-refractivity contribution in [3.63, 3.8) is 0 Å². The minimum absolute atomic E-state index is 0.0227. The van der Waals surface area contributed by atoms with Gasteiger partial charge >= 0.3 is 0 Å². The van der Waals surface area contributed by atoms with Gasteiger partial charge in [-0.3, -0.25) is 0 Å². The van der Waals surface area contributed by atoms with Crippen molar-refractivity contribution in [2.45, 2.75) is 9.79 Å². The van der Waals surface area contributed by atoms with Crippen molar-refractivity contribution in [2.24, 2.45) is 0 Å². The molecule has 3 rings (SSSR count). The van der Waals surface area contributed by atoms with Crippen LogP contribution in [0.2, 0.25) is 0 Å². The average Bonchev–Trinajstić information content (AvgIpc) is 2.87. The lowest BCUT2D eigenvalue weighted by atomic mass is 10.2. The predicted molar refractivity (Wildman–Crippen MR) is 84.0 cm³/mol. The number of aromatic nitrogens is 1. The van der Waals surface area contributed by atoms with E-state index in [1.165, 1.54) is 30.3 Å². The van der Waals surface area contributed by atoms with Crippen molar-refractivity contribution >= 4 is 40.7 Å². The minimum Gasteiger partial charge on any atom is -0.240 e. The highest BCUT2D eigenvalue weighted by Crippen LogP contribution is 2.31. The zero-order chi connectivity index (χ0) is 16.8. The third-order valence-corrected chi connectivity index (χ3v) is 6.30. The minimum atomic E-state index is -4.25. The van der Waals surface area contributed by atoms with E-state index in [2.05, 4.69) is 0 Å². The zero-order valence-corrected chi connectivity index (χ0v) is 13.7. The molecule has 0 aliphatic rings. The summed E-state index contributed by atoms with van der Waals surface area (Å²) in [6, 6.07) is 10.6. The predicted octanol–water partition coefficient (Wildman–Crippen LogP) is 2.94. The Morgan fingerprint density at radius 3 is 2.22 bits per heavy atom. The van der Waals surface area contributed by atoms with Gasteiger partial charge in [0.15, 0.2) is 0 Å². The second kappa shape index (κ2) is 5.33. The van der Waals surface area contributed by atoms with Gasteiger partial charge < -0.3 is 0 Å².